The van der Waals surface area contributed by atoms with Crippen LogP contribution in [0.5, 0.6) is 11.5 Å². The number of carbonyl (C=O) groups excluding carboxylic acids is 2. The van der Waals surface area contributed by atoms with Crippen molar-refractivity contribution in [1.82, 2.24) is 0 Å². The Bertz CT molecular complexity index is 994. The van der Waals surface area contributed by atoms with E-state index in [1.807, 2.05) is 0 Å². The summed E-state index contributed by atoms with van der Waals surface area (Å²) >= 11 is 0. The van der Waals surface area contributed by atoms with Crippen molar-refractivity contribution in [3.63, 3.8) is 0 Å². The van der Waals surface area contributed by atoms with Crippen molar-refractivity contribution < 1.29 is 24.0 Å². The molecule has 0 aromatic heterocycles. The molecule has 0 amide bonds. The van der Waals surface area contributed by atoms with Crippen LogP contribution in [-0.2, 0) is 0 Å². The number of hydrogen-bond acceptors (Lipinski definition) is 6. The summed E-state index contributed by atoms with van der Waals surface area (Å²) in [6.07, 6.45) is 0. The molecule has 0 unspecified atom stereocenters. The van der Waals surface area contributed by atoms with E-state index in [-0.39, 0.29) is 16.8 Å². The van der Waals surface area contributed by atoms with Gasteiger partial charge in [0.2, 0.25) is 0 Å². The van der Waals surface area contributed by atoms with E-state index in [0.717, 1.165) is 12.1 Å². The summed E-state index contributed by atoms with van der Waals surface area (Å²) in [4.78, 5) is 36.4. The van der Waals surface area contributed by atoms with Crippen molar-refractivity contribution in [1.29, 1.82) is 0 Å². The van der Waals surface area contributed by atoms with Gasteiger partial charge in [0, 0.05) is 34.4 Å². The van der Waals surface area contributed by atoms with Gasteiger partial charge in [0.15, 0.2) is 11.6 Å². The predicted molar refractivity (Wildman–Crippen MR) is 106 cm³/mol. The fourth-order valence-electron chi connectivity index (χ4n) is 2.80. The molecule has 0 aliphatic heterocycles. The molecule has 3 rings (SSSR count). The molecule has 0 aliphatic rings. The zero-order valence-electron chi connectivity index (χ0n) is 15.7. The molecule has 3 aromatic rings. The fraction of sp³-hybridized carbons (Fsp3) is 0.0909. The monoisotopic (exact) mass is 391 g/mol. The topological polar surface area (TPSA) is 95.7 Å². The van der Waals surface area contributed by atoms with Gasteiger partial charge in [0.25, 0.3) is 5.69 Å². The van der Waals surface area contributed by atoms with Crippen LogP contribution in [0.2, 0.25) is 0 Å². The number of methoxy groups -OCH3 is 2. The highest BCUT2D eigenvalue weighted by Gasteiger charge is 2.20. The standard InChI is InChI=1S/C22H17NO6/c1-28-19-7-3-14(4-8-19)21(24)16-11-17(13-18(12-16)23(26)27)22(25)15-5-9-20(29-2)10-6-15/h3-13H,1-2H3. The van der Waals surface area contributed by atoms with Gasteiger partial charge in [-0.15, -0.1) is 0 Å². The van der Waals surface area contributed by atoms with Crippen LogP contribution in [-0.4, -0.2) is 30.7 Å². The molecule has 0 radical (unpaired) electrons. The predicted octanol–water partition coefficient (Wildman–Crippen LogP) is 4.07. The molecule has 0 fully saturated rings. The number of nitro groups is 1. The van der Waals surface area contributed by atoms with Crippen molar-refractivity contribution >= 4 is 17.3 Å². The summed E-state index contributed by atoms with van der Waals surface area (Å²) in [6.45, 7) is 0. The Morgan fingerprint density at radius 2 is 1.07 bits per heavy atom. The van der Waals surface area contributed by atoms with E-state index in [2.05, 4.69) is 0 Å². The van der Waals surface area contributed by atoms with Crippen LogP contribution < -0.4 is 9.47 Å². The smallest absolute Gasteiger partial charge is 0.270 e. The third-order valence-corrected chi connectivity index (χ3v) is 4.36. The molecule has 0 N–H and O–H groups in total. The molecule has 0 heterocycles. The zero-order chi connectivity index (χ0) is 21.0. The Balaban J connectivity index is 2.01. The quantitative estimate of drug-likeness (QED) is 0.342. The SMILES string of the molecule is COc1ccc(C(=O)c2cc(C(=O)c3ccc(OC)cc3)cc([N+](=O)[O-])c2)cc1. The highest BCUT2D eigenvalue weighted by Crippen LogP contribution is 2.23. The van der Waals surface area contributed by atoms with E-state index in [1.54, 1.807) is 48.5 Å². The zero-order valence-corrected chi connectivity index (χ0v) is 15.7. The number of nitrogens with zero attached hydrogens (tertiary/aromatic N) is 1. The fourth-order valence-corrected chi connectivity index (χ4v) is 2.80. The van der Waals surface area contributed by atoms with Crippen LogP contribution in [0.25, 0.3) is 0 Å². The molecule has 29 heavy (non-hydrogen) atoms. The van der Waals surface area contributed by atoms with E-state index in [0.29, 0.717) is 22.6 Å². The van der Waals surface area contributed by atoms with Crippen LogP contribution in [0.15, 0.2) is 66.7 Å². The number of rotatable bonds is 7. The van der Waals surface area contributed by atoms with Crippen LogP contribution in [0.4, 0.5) is 5.69 Å². The van der Waals surface area contributed by atoms with E-state index >= 15 is 0 Å². The molecule has 0 saturated carbocycles. The van der Waals surface area contributed by atoms with Crippen LogP contribution >= 0.6 is 0 Å². The first-order chi connectivity index (χ1) is 13.9. The summed E-state index contributed by atoms with van der Waals surface area (Å²) in [5.74, 6) is 0.298. The number of benzene rings is 3. The van der Waals surface area contributed by atoms with E-state index in [4.69, 9.17) is 9.47 Å². The summed E-state index contributed by atoms with van der Waals surface area (Å²) in [5, 5.41) is 11.3. The molecule has 0 aliphatic carbocycles. The molecule has 0 saturated heterocycles. The van der Waals surface area contributed by atoms with Gasteiger partial charge in [-0.25, -0.2) is 0 Å². The average molecular weight is 391 g/mol. The lowest BCUT2D eigenvalue weighted by molar-refractivity contribution is -0.384. The lowest BCUT2D eigenvalue weighted by Crippen LogP contribution is -2.07. The largest absolute Gasteiger partial charge is 0.497 e. The molecule has 3 aromatic carbocycles. The minimum absolute atomic E-state index is 0.0567. The first kappa shape index (κ1) is 19.8. The maximum absolute atomic E-state index is 12.8. The van der Waals surface area contributed by atoms with Crippen molar-refractivity contribution in [3.8, 4) is 11.5 Å². The molecule has 0 atom stereocenters. The Morgan fingerprint density at radius 1 is 0.690 bits per heavy atom. The highest BCUT2D eigenvalue weighted by molar-refractivity contribution is 6.13. The lowest BCUT2D eigenvalue weighted by atomic mass is 9.96. The van der Waals surface area contributed by atoms with Gasteiger partial charge in [-0.2, -0.15) is 0 Å². The second-order valence-corrected chi connectivity index (χ2v) is 6.14. The van der Waals surface area contributed by atoms with Gasteiger partial charge in [0.1, 0.15) is 11.5 Å². The summed E-state index contributed by atoms with van der Waals surface area (Å²) < 4.78 is 10.1. The number of ketones is 2. The molecule has 7 heteroatoms. The number of non-ortho nitro benzene ring substituents is 1. The molecular weight excluding hydrogens is 374 g/mol. The Labute approximate surface area is 166 Å². The van der Waals surface area contributed by atoms with E-state index in [9.17, 15) is 19.7 Å². The molecular formula is C22H17NO6. The highest BCUT2D eigenvalue weighted by atomic mass is 16.6. The van der Waals surface area contributed by atoms with Crippen molar-refractivity contribution in [2.75, 3.05) is 14.2 Å². The summed E-state index contributed by atoms with van der Waals surface area (Å²) in [5.41, 5.74) is 0.437. The minimum Gasteiger partial charge on any atom is -0.497 e. The Hall–Kier alpha value is -4.00. The van der Waals surface area contributed by atoms with Crippen molar-refractivity contribution in [3.05, 3.63) is 99.1 Å². The molecule has 0 spiro atoms. The summed E-state index contributed by atoms with van der Waals surface area (Å²) in [6, 6.07) is 16.4. The third kappa shape index (κ3) is 4.30. The Morgan fingerprint density at radius 3 is 1.38 bits per heavy atom. The van der Waals surface area contributed by atoms with Crippen molar-refractivity contribution in [2.45, 2.75) is 0 Å². The van der Waals surface area contributed by atoms with Crippen LogP contribution in [0, 0.1) is 10.1 Å². The minimum atomic E-state index is -0.629. The van der Waals surface area contributed by atoms with Gasteiger partial charge in [-0.1, -0.05) is 0 Å². The first-order valence-electron chi connectivity index (χ1n) is 8.60. The number of hydrogen-bond donors (Lipinski definition) is 0. The normalized spacial score (nSPS) is 10.3. The molecule has 146 valence electrons. The van der Waals surface area contributed by atoms with E-state index in [1.165, 1.54) is 20.3 Å². The van der Waals surface area contributed by atoms with E-state index < -0.39 is 16.5 Å². The van der Waals surface area contributed by atoms with Crippen molar-refractivity contribution in [2.24, 2.45) is 0 Å². The van der Waals surface area contributed by atoms with Gasteiger partial charge < -0.3 is 9.47 Å². The number of ether oxygens (including phenoxy) is 2. The van der Waals surface area contributed by atoms with Crippen LogP contribution in [0.1, 0.15) is 31.8 Å². The second-order valence-electron chi connectivity index (χ2n) is 6.14. The number of nitro benzene ring substituents is 1. The molecule has 7 nitrogen and oxygen atoms in total. The molecule has 0 bridgehead atoms. The second kappa shape index (κ2) is 8.35. The maximum Gasteiger partial charge on any atom is 0.270 e. The number of carbonyl (C=O) groups is 2. The van der Waals surface area contributed by atoms with Gasteiger partial charge in [-0.3, -0.25) is 19.7 Å². The van der Waals surface area contributed by atoms with Gasteiger partial charge >= 0.3 is 0 Å². The third-order valence-electron chi connectivity index (χ3n) is 4.36. The Kier molecular flexibility index (Phi) is 5.69. The maximum atomic E-state index is 12.8. The summed E-state index contributed by atoms with van der Waals surface area (Å²) in [7, 11) is 3.02. The van der Waals surface area contributed by atoms with Gasteiger partial charge in [0.05, 0.1) is 19.1 Å². The average Bonchev–Trinajstić information content (AvgIpc) is 2.77. The first-order valence-corrected chi connectivity index (χ1v) is 8.60. The van der Waals surface area contributed by atoms with Gasteiger partial charge in [-0.05, 0) is 54.6 Å². The lowest BCUT2D eigenvalue weighted by Gasteiger charge is -2.07. The van der Waals surface area contributed by atoms with Crippen LogP contribution in [0.3, 0.4) is 0 Å².